The van der Waals surface area contributed by atoms with Crippen molar-refractivity contribution in [2.45, 2.75) is 19.6 Å². The summed E-state index contributed by atoms with van der Waals surface area (Å²) in [7, 11) is 1.76. The van der Waals surface area contributed by atoms with E-state index < -0.39 is 0 Å². The Balaban J connectivity index is 1.56. The van der Waals surface area contributed by atoms with E-state index in [4.69, 9.17) is 4.74 Å². The molecule has 0 saturated heterocycles. The smallest absolute Gasteiger partial charge is 0.269 e. The van der Waals surface area contributed by atoms with Crippen LogP contribution in [0.3, 0.4) is 0 Å². The maximum Gasteiger partial charge on any atom is 0.269 e. The van der Waals surface area contributed by atoms with Gasteiger partial charge in [-0.3, -0.25) is 14.4 Å². The Kier molecular flexibility index (Phi) is 4.62. The second-order valence-corrected chi connectivity index (χ2v) is 5.87. The van der Waals surface area contributed by atoms with Gasteiger partial charge in [0.2, 0.25) is 0 Å². The van der Waals surface area contributed by atoms with Gasteiger partial charge in [0.25, 0.3) is 5.91 Å². The highest BCUT2D eigenvalue weighted by molar-refractivity contribution is 5.92. The lowest BCUT2D eigenvalue weighted by Gasteiger charge is -2.21. The van der Waals surface area contributed by atoms with Crippen molar-refractivity contribution in [3.63, 3.8) is 0 Å². The van der Waals surface area contributed by atoms with Gasteiger partial charge in [-0.2, -0.15) is 5.10 Å². The lowest BCUT2D eigenvalue weighted by molar-refractivity contribution is 0.0935. The number of amides is 1. The molecule has 3 rings (SSSR count). The number of fused-ring (bicyclic) bond motifs is 1. The van der Waals surface area contributed by atoms with Crippen molar-refractivity contribution in [3.8, 4) is 5.75 Å². The van der Waals surface area contributed by atoms with E-state index >= 15 is 0 Å². The predicted molar refractivity (Wildman–Crippen MR) is 87.4 cm³/mol. The Hall–Kier alpha value is -2.34. The molecule has 122 valence electrons. The number of para-hydroxylation sites is 1. The van der Waals surface area contributed by atoms with Gasteiger partial charge in [-0.1, -0.05) is 18.2 Å². The molecule has 23 heavy (non-hydrogen) atoms. The van der Waals surface area contributed by atoms with Crippen molar-refractivity contribution in [1.29, 1.82) is 0 Å². The van der Waals surface area contributed by atoms with Crippen LogP contribution in [-0.4, -0.2) is 46.3 Å². The molecule has 1 amide bonds. The molecule has 1 aliphatic rings. The number of benzene rings is 1. The summed E-state index contributed by atoms with van der Waals surface area (Å²) >= 11 is 0. The number of carbonyl (C=O) groups excluding carboxylic acids is 1. The molecule has 0 aliphatic carbocycles. The zero-order valence-electron chi connectivity index (χ0n) is 13.5. The summed E-state index contributed by atoms with van der Waals surface area (Å²) in [5.74, 6) is 0.867. The van der Waals surface area contributed by atoms with Crippen LogP contribution in [-0.2, 0) is 13.6 Å². The summed E-state index contributed by atoms with van der Waals surface area (Å²) in [6.45, 7) is 5.13. The molecule has 1 unspecified atom stereocenters. The fraction of sp³-hybridized carbons (Fsp3) is 0.412. The van der Waals surface area contributed by atoms with Gasteiger partial charge in [0.1, 0.15) is 17.5 Å². The quantitative estimate of drug-likeness (QED) is 0.927. The van der Waals surface area contributed by atoms with Crippen molar-refractivity contribution < 1.29 is 9.53 Å². The van der Waals surface area contributed by atoms with E-state index in [0.29, 0.717) is 12.2 Å². The van der Waals surface area contributed by atoms with Crippen molar-refractivity contribution in [3.05, 3.63) is 47.8 Å². The van der Waals surface area contributed by atoms with Crippen LogP contribution in [0.2, 0.25) is 0 Å². The van der Waals surface area contributed by atoms with Gasteiger partial charge in [-0.05, 0) is 19.1 Å². The fourth-order valence-electron chi connectivity index (χ4n) is 2.86. The molecule has 1 aliphatic heterocycles. The number of hydrogen-bond donors (Lipinski definition) is 1. The fourth-order valence-corrected chi connectivity index (χ4v) is 2.86. The van der Waals surface area contributed by atoms with Crippen molar-refractivity contribution >= 4 is 5.91 Å². The number of rotatable bonds is 4. The summed E-state index contributed by atoms with van der Waals surface area (Å²) in [5, 5.41) is 6.96. The zero-order chi connectivity index (χ0) is 16.2. The third-order valence-corrected chi connectivity index (χ3v) is 3.98. The molecule has 2 aromatic rings. The minimum absolute atomic E-state index is 0.0930. The molecule has 6 heteroatoms. The summed E-state index contributed by atoms with van der Waals surface area (Å²) in [6.07, 6.45) is 1.76. The Morgan fingerprint density at radius 1 is 1.39 bits per heavy atom. The van der Waals surface area contributed by atoms with E-state index in [2.05, 4.69) is 28.3 Å². The zero-order valence-corrected chi connectivity index (χ0v) is 13.5. The molecule has 1 aromatic heterocycles. The number of carbonyl (C=O) groups is 1. The first-order valence-electron chi connectivity index (χ1n) is 7.86. The van der Waals surface area contributed by atoms with Crippen LogP contribution in [0.15, 0.2) is 36.5 Å². The first-order chi connectivity index (χ1) is 11.1. The van der Waals surface area contributed by atoms with E-state index in [9.17, 15) is 4.79 Å². The highest BCUT2D eigenvalue weighted by Crippen LogP contribution is 2.24. The van der Waals surface area contributed by atoms with E-state index in [-0.39, 0.29) is 12.0 Å². The Morgan fingerprint density at radius 3 is 3.00 bits per heavy atom. The maximum absolute atomic E-state index is 12.1. The topological polar surface area (TPSA) is 59.4 Å². The van der Waals surface area contributed by atoms with E-state index in [1.807, 2.05) is 18.2 Å². The minimum Gasteiger partial charge on any atom is -0.489 e. The van der Waals surface area contributed by atoms with Gasteiger partial charge in [-0.25, -0.2) is 0 Å². The van der Waals surface area contributed by atoms with Gasteiger partial charge in [0.05, 0.1) is 0 Å². The van der Waals surface area contributed by atoms with Crippen LogP contribution in [0.1, 0.15) is 23.0 Å². The number of aromatic nitrogens is 2. The molecule has 0 spiro atoms. The Bertz CT molecular complexity index is 683. The molecule has 0 bridgehead atoms. The third-order valence-electron chi connectivity index (χ3n) is 3.98. The van der Waals surface area contributed by atoms with Crippen molar-refractivity contribution in [2.75, 3.05) is 19.6 Å². The van der Waals surface area contributed by atoms with E-state index in [1.165, 1.54) is 5.56 Å². The van der Waals surface area contributed by atoms with Gasteiger partial charge >= 0.3 is 0 Å². The number of hydrogen-bond acceptors (Lipinski definition) is 4. The van der Waals surface area contributed by atoms with Crippen molar-refractivity contribution in [1.82, 2.24) is 20.0 Å². The number of aryl methyl sites for hydroxylation is 1. The molecule has 2 heterocycles. The monoisotopic (exact) mass is 314 g/mol. The summed E-state index contributed by atoms with van der Waals surface area (Å²) in [4.78, 5) is 14.4. The maximum atomic E-state index is 12.1. The number of nitrogens with zero attached hydrogens (tertiary/aromatic N) is 3. The molecule has 6 nitrogen and oxygen atoms in total. The predicted octanol–water partition coefficient (Wildman–Crippen LogP) is 1.43. The molecule has 1 aromatic carbocycles. The van der Waals surface area contributed by atoms with Gasteiger partial charge < -0.3 is 10.1 Å². The first-order valence-corrected chi connectivity index (χ1v) is 7.86. The van der Waals surface area contributed by atoms with Gasteiger partial charge in [-0.15, -0.1) is 0 Å². The Morgan fingerprint density at radius 2 is 2.22 bits per heavy atom. The highest BCUT2D eigenvalue weighted by Gasteiger charge is 2.19. The third kappa shape index (κ3) is 3.71. The van der Waals surface area contributed by atoms with E-state index in [0.717, 1.165) is 25.4 Å². The van der Waals surface area contributed by atoms with Gasteiger partial charge in [0.15, 0.2) is 0 Å². The SMILES string of the molecule is CC1CN(CCNC(=O)c2ccnn2C)Cc2ccccc2O1. The lowest BCUT2D eigenvalue weighted by atomic mass is 10.2. The molecule has 1 atom stereocenters. The molecule has 0 radical (unpaired) electrons. The lowest BCUT2D eigenvalue weighted by Crippen LogP contribution is -2.38. The summed E-state index contributed by atoms with van der Waals surface area (Å²) in [5.41, 5.74) is 1.76. The normalized spacial score (nSPS) is 17.9. The average Bonchev–Trinajstić information content (AvgIpc) is 2.87. The second-order valence-electron chi connectivity index (χ2n) is 5.87. The molecule has 1 N–H and O–H groups in total. The average molecular weight is 314 g/mol. The molecule has 0 fully saturated rings. The van der Waals surface area contributed by atoms with E-state index in [1.54, 1.807) is 24.0 Å². The summed E-state index contributed by atoms with van der Waals surface area (Å²) in [6, 6.07) is 9.84. The van der Waals surface area contributed by atoms with Crippen LogP contribution >= 0.6 is 0 Å². The van der Waals surface area contributed by atoms with Crippen molar-refractivity contribution in [2.24, 2.45) is 7.05 Å². The number of ether oxygens (including phenoxy) is 1. The first kappa shape index (κ1) is 15.6. The van der Waals surface area contributed by atoms with Crippen LogP contribution < -0.4 is 10.1 Å². The number of nitrogens with one attached hydrogen (secondary N) is 1. The van der Waals surface area contributed by atoms with Gasteiger partial charge in [0, 0.05) is 45.0 Å². The van der Waals surface area contributed by atoms with Crippen LogP contribution in [0.25, 0.3) is 0 Å². The minimum atomic E-state index is -0.0930. The molecule has 0 saturated carbocycles. The standard InChI is InChI=1S/C17H22N4O2/c1-13-11-21(12-14-5-3-4-6-16(14)23-13)10-9-18-17(22)15-7-8-19-20(15)2/h3-8,13H,9-12H2,1-2H3,(H,18,22). The summed E-state index contributed by atoms with van der Waals surface area (Å²) < 4.78 is 7.53. The molecular weight excluding hydrogens is 292 g/mol. The Labute approximate surface area is 136 Å². The van der Waals surface area contributed by atoms with Crippen LogP contribution in [0.5, 0.6) is 5.75 Å². The van der Waals surface area contributed by atoms with Crippen LogP contribution in [0, 0.1) is 0 Å². The van der Waals surface area contributed by atoms with Crippen LogP contribution in [0.4, 0.5) is 0 Å². The largest absolute Gasteiger partial charge is 0.489 e. The molecular formula is C17H22N4O2. The second kappa shape index (κ2) is 6.83. The highest BCUT2D eigenvalue weighted by atomic mass is 16.5.